The molecule has 0 spiro atoms. The first kappa shape index (κ1) is 15.5. The zero-order valence-electron chi connectivity index (χ0n) is 12.6. The molecule has 2 atom stereocenters. The summed E-state index contributed by atoms with van der Waals surface area (Å²) >= 11 is 0. The van der Waals surface area contributed by atoms with Crippen molar-refractivity contribution in [2.24, 2.45) is 11.3 Å². The maximum atomic E-state index is 11.5. The minimum Gasteiger partial charge on any atom is -0.316 e. The number of nitrogens with one attached hydrogen (secondary N) is 1. The van der Waals surface area contributed by atoms with Crippen molar-refractivity contribution in [2.45, 2.75) is 39.5 Å². The Morgan fingerprint density at radius 2 is 2.11 bits per heavy atom. The van der Waals surface area contributed by atoms with Gasteiger partial charge in [0, 0.05) is 48.5 Å². The quantitative estimate of drug-likeness (QED) is 0.837. The van der Waals surface area contributed by atoms with Gasteiger partial charge >= 0.3 is 0 Å². The van der Waals surface area contributed by atoms with E-state index in [1.165, 1.54) is 32.2 Å². The second kappa shape index (κ2) is 7.19. The summed E-state index contributed by atoms with van der Waals surface area (Å²) in [5, 5.41) is 3.59. The molecule has 19 heavy (non-hydrogen) atoms. The number of rotatable bonds is 5. The van der Waals surface area contributed by atoms with E-state index in [1.54, 1.807) is 0 Å². The summed E-state index contributed by atoms with van der Waals surface area (Å²) in [5.74, 6) is 2.63. The summed E-state index contributed by atoms with van der Waals surface area (Å²) in [6, 6.07) is 0. The van der Waals surface area contributed by atoms with E-state index in [1.807, 2.05) is 0 Å². The Morgan fingerprint density at radius 1 is 1.37 bits per heavy atom. The van der Waals surface area contributed by atoms with Gasteiger partial charge in [0.1, 0.15) is 0 Å². The topological polar surface area (TPSA) is 32.3 Å². The summed E-state index contributed by atoms with van der Waals surface area (Å²) in [4.78, 5) is 2.57. The standard InChI is InChI=1S/C15H30N2OS/c1-3-16-12-15(6-4-5-14(2)11-15)13-17-7-9-19(18)10-8-17/h14,16H,3-13H2,1-2H3. The molecule has 4 heteroatoms. The molecule has 0 radical (unpaired) electrons. The highest BCUT2D eigenvalue weighted by atomic mass is 32.2. The van der Waals surface area contributed by atoms with E-state index in [0.717, 1.165) is 43.6 Å². The Morgan fingerprint density at radius 3 is 2.74 bits per heavy atom. The first-order valence-corrected chi connectivity index (χ1v) is 9.40. The van der Waals surface area contributed by atoms with Crippen molar-refractivity contribution in [1.82, 2.24) is 10.2 Å². The first-order chi connectivity index (χ1) is 9.13. The number of hydrogen-bond donors (Lipinski definition) is 1. The Kier molecular flexibility index (Phi) is 5.85. The highest BCUT2D eigenvalue weighted by molar-refractivity contribution is 7.85. The Balaban J connectivity index is 1.94. The molecule has 1 saturated heterocycles. The third kappa shape index (κ3) is 4.54. The van der Waals surface area contributed by atoms with Gasteiger partial charge in [0.25, 0.3) is 0 Å². The van der Waals surface area contributed by atoms with Gasteiger partial charge in [0.2, 0.25) is 0 Å². The van der Waals surface area contributed by atoms with Gasteiger partial charge in [0.15, 0.2) is 0 Å². The largest absolute Gasteiger partial charge is 0.316 e. The summed E-state index contributed by atoms with van der Waals surface area (Å²) in [5.41, 5.74) is 0.465. The molecule has 0 aromatic heterocycles. The van der Waals surface area contributed by atoms with Gasteiger partial charge in [-0.05, 0) is 30.7 Å². The predicted molar refractivity (Wildman–Crippen MR) is 82.9 cm³/mol. The second-order valence-corrected chi connectivity index (χ2v) is 8.30. The molecular formula is C15H30N2OS. The molecule has 2 aliphatic rings. The molecule has 3 nitrogen and oxygen atoms in total. The molecule has 0 aromatic rings. The summed E-state index contributed by atoms with van der Waals surface area (Å²) in [6.45, 7) is 10.1. The van der Waals surface area contributed by atoms with Gasteiger partial charge in [-0.25, -0.2) is 0 Å². The van der Waals surface area contributed by atoms with Gasteiger partial charge in [0.05, 0.1) is 0 Å². The van der Waals surface area contributed by atoms with E-state index >= 15 is 0 Å². The lowest BCUT2D eigenvalue weighted by Gasteiger charge is -2.44. The van der Waals surface area contributed by atoms with Crippen LogP contribution < -0.4 is 5.32 Å². The number of hydrogen-bond acceptors (Lipinski definition) is 3. The third-order valence-corrected chi connectivity index (χ3v) is 6.04. The molecule has 0 bridgehead atoms. The Hall–Kier alpha value is 0.0700. The molecule has 112 valence electrons. The summed E-state index contributed by atoms with van der Waals surface area (Å²) < 4.78 is 11.5. The van der Waals surface area contributed by atoms with Crippen molar-refractivity contribution in [3.05, 3.63) is 0 Å². The van der Waals surface area contributed by atoms with E-state index in [-0.39, 0.29) is 0 Å². The van der Waals surface area contributed by atoms with Gasteiger partial charge in [-0.1, -0.05) is 26.7 Å². The van der Waals surface area contributed by atoms with Crippen molar-refractivity contribution in [1.29, 1.82) is 0 Å². The van der Waals surface area contributed by atoms with Crippen LogP contribution in [0.1, 0.15) is 39.5 Å². The molecule has 2 unspecified atom stereocenters. The van der Waals surface area contributed by atoms with Crippen LogP contribution in [-0.2, 0) is 10.8 Å². The highest BCUT2D eigenvalue weighted by Gasteiger charge is 2.36. The van der Waals surface area contributed by atoms with Crippen molar-refractivity contribution in [2.75, 3.05) is 44.2 Å². The fourth-order valence-electron chi connectivity index (χ4n) is 3.83. The molecule has 1 heterocycles. The SMILES string of the molecule is CCNCC1(CN2CCS(=O)CC2)CCCC(C)C1. The lowest BCUT2D eigenvalue weighted by molar-refractivity contribution is 0.0848. The van der Waals surface area contributed by atoms with E-state index < -0.39 is 10.8 Å². The van der Waals surface area contributed by atoms with Crippen LogP contribution in [0.2, 0.25) is 0 Å². The maximum absolute atomic E-state index is 11.5. The Bertz CT molecular complexity index is 301. The van der Waals surface area contributed by atoms with Gasteiger partial charge in [-0.2, -0.15) is 0 Å². The van der Waals surface area contributed by atoms with Crippen LogP contribution in [0, 0.1) is 11.3 Å². The number of nitrogens with zero attached hydrogens (tertiary/aromatic N) is 1. The van der Waals surface area contributed by atoms with Crippen molar-refractivity contribution in [3.63, 3.8) is 0 Å². The van der Waals surface area contributed by atoms with Crippen LogP contribution in [0.25, 0.3) is 0 Å². The molecule has 1 saturated carbocycles. The lowest BCUT2D eigenvalue weighted by Crippen LogP contribution is -2.49. The monoisotopic (exact) mass is 286 g/mol. The fraction of sp³-hybridized carbons (Fsp3) is 1.00. The minimum absolute atomic E-state index is 0.465. The zero-order chi connectivity index (χ0) is 13.7. The van der Waals surface area contributed by atoms with E-state index in [9.17, 15) is 4.21 Å². The van der Waals surface area contributed by atoms with Crippen molar-refractivity contribution in [3.8, 4) is 0 Å². The van der Waals surface area contributed by atoms with Crippen molar-refractivity contribution < 1.29 is 4.21 Å². The molecule has 2 rings (SSSR count). The van der Waals surface area contributed by atoms with E-state index in [0.29, 0.717) is 5.41 Å². The van der Waals surface area contributed by atoms with Gasteiger partial charge in [-0.3, -0.25) is 4.21 Å². The maximum Gasteiger partial charge on any atom is 0.0363 e. The smallest absolute Gasteiger partial charge is 0.0363 e. The molecule has 1 aliphatic heterocycles. The van der Waals surface area contributed by atoms with Crippen molar-refractivity contribution >= 4 is 10.8 Å². The fourth-order valence-corrected chi connectivity index (χ4v) is 4.96. The highest BCUT2D eigenvalue weighted by Crippen LogP contribution is 2.39. The predicted octanol–water partition coefficient (Wildman–Crippen LogP) is 1.86. The van der Waals surface area contributed by atoms with Gasteiger partial charge in [-0.15, -0.1) is 0 Å². The molecule has 0 aromatic carbocycles. The van der Waals surface area contributed by atoms with Crippen LogP contribution in [0.3, 0.4) is 0 Å². The van der Waals surface area contributed by atoms with Crippen LogP contribution in [0.15, 0.2) is 0 Å². The van der Waals surface area contributed by atoms with E-state index in [2.05, 4.69) is 24.1 Å². The van der Waals surface area contributed by atoms with Crippen LogP contribution in [-0.4, -0.2) is 53.3 Å². The third-order valence-electron chi connectivity index (χ3n) is 4.76. The zero-order valence-corrected chi connectivity index (χ0v) is 13.4. The minimum atomic E-state index is -0.551. The lowest BCUT2D eigenvalue weighted by atomic mass is 9.69. The molecule has 0 amide bonds. The molecule has 1 aliphatic carbocycles. The second-order valence-electron chi connectivity index (χ2n) is 6.61. The molecule has 2 fully saturated rings. The van der Waals surface area contributed by atoms with Crippen LogP contribution in [0.4, 0.5) is 0 Å². The summed E-state index contributed by atoms with van der Waals surface area (Å²) in [6.07, 6.45) is 5.51. The molecule has 1 N–H and O–H groups in total. The Labute approximate surface area is 121 Å². The van der Waals surface area contributed by atoms with Crippen LogP contribution in [0.5, 0.6) is 0 Å². The van der Waals surface area contributed by atoms with E-state index in [4.69, 9.17) is 0 Å². The first-order valence-electron chi connectivity index (χ1n) is 7.91. The van der Waals surface area contributed by atoms with Gasteiger partial charge < -0.3 is 10.2 Å². The summed E-state index contributed by atoms with van der Waals surface area (Å²) in [7, 11) is -0.551. The van der Waals surface area contributed by atoms with Crippen LogP contribution >= 0.6 is 0 Å². The molecular weight excluding hydrogens is 256 g/mol. The average Bonchev–Trinajstić information content (AvgIpc) is 2.39. The average molecular weight is 286 g/mol. The normalized spacial score (nSPS) is 34.5.